The van der Waals surface area contributed by atoms with E-state index in [1.54, 1.807) is 0 Å². The summed E-state index contributed by atoms with van der Waals surface area (Å²) in [6, 6.07) is 9.95. The molecule has 1 amide bonds. The van der Waals surface area contributed by atoms with Crippen LogP contribution in [0, 0.1) is 5.92 Å². The monoisotopic (exact) mass is 382 g/mol. The number of carbonyl (C=O) groups excluding carboxylic acids is 1. The third-order valence-electron chi connectivity index (χ3n) is 4.93. The predicted octanol–water partition coefficient (Wildman–Crippen LogP) is 3.19. The van der Waals surface area contributed by atoms with Crippen molar-refractivity contribution in [1.29, 1.82) is 0 Å². The molecule has 0 bridgehead atoms. The van der Waals surface area contributed by atoms with Gasteiger partial charge in [-0.3, -0.25) is 4.79 Å². The van der Waals surface area contributed by atoms with Crippen LogP contribution in [0.5, 0.6) is 0 Å². The molecule has 1 fully saturated rings. The van der Waals surface area contributed by atoms with Crippen LogP contribution in [0.3, 0.4) is 0 Å². The summed E-state index contributed by atoms with van der Waals surface area (Å²) in [5, 5.41) is 12.4. The molecule has 2 aromatic heterocycles. The van der Waals surface area contributed by atoms with E-state index in [4.69, 9.17) is 9.15 Å². The molecule has 1 saturated heterocycles. The van der Waals surface area contributed by atoms with Gasteiger partial charge in [0.15, 0.2) is 0 Å². The molecule has 1 aliphatic heterocycles. The summed E-state index contributed by atoms with van der Waals surface area (Å²) in [6.07, 6.45) is 2.91. The minimum Gasteiger partial charge on any atom is -0.419 e. The predicted molar refractivity (Wildman–Crippen MR) is 106 cm³/mol. The first kappa shape index (κ1) is 18.7. The maximum atomic E-state index is 12.6. The van der Waals surface area contributed by atoms with Gasteiger partial charge >= 0.3 is 0 Å². The van der Waals surface area contributed by atoms with Gasteiger partial charge in [-0.1, -0.05) is 32.0 Å². The number of nitrogens with one attached hydrogen (secondary N) is 1. The van der Waals surface area contributed by atoms with Crippen LogP contribution in [0.1, 0.15) is 32.6 Å². The van der Waals surface area contributed by atoms with Gasteiger partial charge in [-0.2, -0.15) is 0 Å². The van der Waals surface area contributed by atoms with Crippen LogP contribution in [-0.4, -0.2) is 39.9 Å². The SMILES string of the molecule is CC(C)Cc1nnc(-c2cc3ccccc3n2CC(=O)NC[C@H]2CCCO2)o1. The van der Waals surface area contributed by atoms with Gasteiger partial charge < -0.3 is 19.0 Å². The van der Waals surface area contributed by atoms with Crippen molar-refractivity contribution >= 4 is 16.8 Å². The van der Waals surface area contributed by atoms with Gasteiger partial charge in [0.25, 0.3) is 5.89 Å². The number of carbonyl (C=O) groups is 1. The molecule has 7 nitrogen and oxygen atoms in total. The van der Waals surface area contributed by atoms with Gasteiger partial charge in [-0.25, -0.2) is 0 Å². The Labute approximate surface area is 164 Å². The van der Waals surface area contributed by atoms with E-state index >= 15 is 0 Å². The van der Waals surface area contributed by atoms with E-state index in [2.05, 4.69) is 29.4 Å². The third kappa shape index (κ3) is 4.09. The number of fused-ring (bicyclic) bond motifs is 1. The summed E-state index contributed by atoms with van der Waals surface area (Å²) in [5.74, 6) is 1.44. The molecule has 0 saturated carbocycles. The molecule has 3 heterocycles. The Bertz CT molecular complexity index is 954. The molecular weight excluding hydrogens is 356 g/mol. The number of rotatable bonds is 7. The molecule has 1 N–H and O–H groups in total. The van der Waals surface area contributed by atoms with Gasteiger partial charge in [0.2, 0.25) is 11.8 Å². The second-order valence-electron chi connectivity index (χ2n) is 7.71. The van der Waals surface area contributed by atoms with Gasteiger partial charge in [-0.15, -0.1) is 10.2 Å². The summed E-state index contributed by atoms with van der Waals surface area (Å²) < 4.78 is 13.4. The number of hydrogen-bond donors (Lipinski definition) is 1. The van der Waals surface area contributed by atoms with Crippen molar-refractivity contribution in [3.63, 3.8) is 0 Å². The smallest absolute Gasteiger partial charge is 0.264 e. The first-order chi connectivity index (χ1) is 13.6. The lowest BCUT2D eigenvalue weighted by atomic mass is 10.1. The maximum Gasteiger partial charge on any atom is 0.264 e. The fourth-order valence-electron chi connectivity index (χ4n) is 3.58. The van der Waals surface area contributed by atoms with Crippen LogP contribution in [-0.2, 0) is 22.5 Å². The highest BCUT2D eigenvalue weighted by Gasteiger charge is 2.20. The molecule has 4 rings (SSSR count). The van der Waals surface area contributed by atoms with Crippen molar-refractivity contribution in [2.75, 3.05) is 13.2 Å². The first-order valence-corrected chi connectivity index (χ1v) is 9.89. The van der Waals surface area contributed by atoms with Crippen molar-refractivity contribution in [3.8, 4) is 11.6 Å². The number of nitrogens with zero attached hydrogens (tertiary/aromatic N) is 3. The first-order valence-electron chi connectivity index (χ1n) is 9.89. The lowest BCUT2D eigenvalue weighted by molar-refractivity contribution is -0.122. The summed E-state index contributed by atoms with van der Waals surface area (Å²) in [4.78, 5) is 12.6. The summed E-state index contributed by atoms with van der Waals surface area (Å²) in [5.41, 5.74) is 1.73. The standard InChI is InChI=1S/C21H26N4O3/c1-14(2)10-20-23-24-21(28-20)18-11-15-6-3-4-8-17(15)25(18)13-19(26)22-12-16-7-5-9-27-16/h3-4,6,8,11,14,16H,5,7,9-10,12-13H2,1-2H3,(H,22,26)/t16-/m1/s1. The van der Waals surface area contributed by atoms with Crippen molar-refractivity contribution in [2.24, 2.45) is 5.92 Å². The van der Waals surface area contributed by atoms with Crippen LogP contribution < -0.4 is 5.32 Å². The Hall–Kier alpha value is -2.67. The van der Waals surface area contributed by atoms with E-state index in [-0.39, 0.29) is 18.6 Å². The second-order valence-corrected chi connectivity index (χ2v) is 7.71. The van der Waals surface area contributed by atoms with Crippen LogP contribution in [0.25, 0.3) is 22.5 Å². The summed E-state index contributed by atoms with van der Waals surface area (Å²) in [7, 11) is 0. The van der Waals surface area contributed by atoms with Crippen LogP contribution in [0.4, 0.5) is 0 Å². The van der Waals surface area contributed by atoms with Crippen LogP contribution >= 0.6 is 0 Å². The maximum absolute atomic E-state index is 12.6. The molecule has 1 atom stereocenters. The van der Waals surface area contributed by atoms with Crippen molar-refractivity contribution in [3.05, 3.63) is 36.2 Å². The molecule has 3 aromatic rings. The minimum absolute atomic E-state index is 0.0555. The quantitative estimate of drug-likeness (QED) is 0.679. The fraction of sp³-hybridized carbons (Fsp3) is 0.476. The number of para-hydroxylation sites is 1. The van der Waals surface area contributed by atoms with Gasteiger partial charge in [0.05, 0.1) is 6.10 Å². The Morgan fingerprint density at radius 2 is 2.18 bits per heavy atom. The molecule has 7 heteroatoms. The zero-order valence-electron chi connectivity index (χ0n) is 16.4. The average Bonchev–Trinajstić information content (AvgIpc) is 3.40. The number of aromatic nitrogens is 3. The normalized spacial score (nSPS) is 16.9. The minimum atomic E-state index is -0.0555. The Morgan fingerprint density at radius 1 is 1.32 bits per heavy atom. The van der Waals surface area contributed by atoms with E-state index in [1.807, 2.05) is 34.9 Å². The Kier molecular flexibility index (Phi) is 5.43. The van der Waals surface area contributed by atoms with Crippen LogP contribution in [0.2, 0.25) is 0 Å². The third-order valence-corrected chi connectivity index (χ3v) is 4.93. The molecular formula is C21H26N4O3. The molecule has 0 spiro atoms. The summed E-state index contributed by atoms with van der Waals surface area (Å²) >= 11 is 0. The topological polar surface area (TPSA) is 82.2 Å². The molecule has 1 aromatic carbocycles. The fourth-order valence-corrected chi connectivity index (χ4v) is 3.58. The lowest BCUT2D eigenvalue weighted by Crippen LogP contribution is -2.34. The van der Waals surface area contributed by atoms with E-state index in [9.17, 15) is 4.79 Å². The Morgan fingerprint density at radius 3 is 2.96 bits per heavy atom. The summed E-state index contributed by atoms with van der Waals surface area (Å²) in [6.45, 7) is 5.74. The van der Waals surface area contributed by atoms with E-state index in [0.29, 0.717) is 24.2 Å². The van der Waals surface area contributed by atoms with E-state index in [1.165, 1.54) is 0 Å². The molecule has 0 unspecified atom stereocenters. The van der Waals surface area contributed by atoms with Crippen molar-refractivity contribution in [2.45, 2.75) is 45.8 Å². The highest BCUT2D eigenvalue weighted by molar-refractivity contribution is 5.88. The number of ether oxygens (including phenoxy) is 1. The molecule has 1 aliphatic rings. The van der Waals surface area contributed by atoms with E-state index < -0.39 is 0 Å². The molecule has 0 radical (unpaired) electrons. The van der Waals surface area contributed by atoms with E-state index in [0.717, 1.165) is 42.5 Å². The Balaban J connectivity index is 1.58. The lowest BCUT2D eigenvalue weighted by Gasteiger charge is -2.12. The van der Waals surface area contributed by atoms with Crippen LogP contribution in [0.15, 0.2) is 34.7 Å². The van der Waals surface area contributed by atoms with Gasteiger partial charge in [0, 0.05) is 30.5 Å². The van der Waals surface area contributed by atoms with Crippen molar-refractivity contribution < 1.29 is 13.9 Å². The molecule has 0 aliphatic carbocycles. The number of benzene rings is 1. The molecule has 28 heavy (non-hydrogen) atoms. The van der Waals surface area contributed by atoms with Gasteiger partial charge in [0.1, 0.15) is 12.2 Å². The molecule has 148 valence electrons. The number of amides is 1. The highest BCUT2D eigenvalue weighted by atomic mass is 16.5. The number of hydrogen-bond acceptors (Lipinski definition) is 5. The average molecular weight is 382 g/mol. The highest BCUT2D eigenvalue weighted by Crippen LogP contribution is 2.28. The largest absolute Gasteiger partial charge is 0.419 e. The zero-order valence-corrected chi connectivity index (χ0v) is 16.4. The second kappa shape index (κ2) is 8.14. The van der Waals surface area contributed by atoms with Crippen molar-refractivity contribution in [1.82, 2.24) is 20.1 Å². The van der Waals surface area contributed by atoms with Gasteiger partial charge in [-0.05, 0) is 30.9 Å². The zero-order chi connectivity index (χ0) is 19.5.